The lowest BCUT2D eigenvalue weighted by Crippen LogP contribution is -2.39. The number of nitrogens with zero attached hydrogens (tertiary/aromatic N) is 4. The zero-order chi connectivity index (χ0) is 24.2. The van der Waals surface area contributed by atoms with E-state index in [4.69, 9.17) is 9.97 Å². The maximum atomic E-state index is 13.5. The SMILES string of the molecule is CSc1ccccc1C(=O)N1CCCC(c2nc(-c3ccncc3)ncc2-c2ccccc2C)C1. The van der Waals surface area contributed by atoms with Crippen LogP contribution in [0.25, 0.3) is 22.5 Å². The van der Waals surface area contributed by atoms with Gasteiger partial charge in [-0.1, -0.05) is 36.4 Å². The average molecular weight is 481 g/mol. The quantitative estimate of drug-likeness (QED) is 0.316. The fourth-order valence-electron chi connectivity index (χ4n) is 4.81. The summed E-state index contributed by atoms with van der Waals surface area (Å²) in [6.07, 6.45) is 9.42. The number of hydrogen-bond donors (Lipinski definition) is 0. The van der Waals surface area contributed by atoms with Crippen molar-refractivity contribution < 1.29 is 4.79 Å². The van der Waals surface area contributed by atoms with Crippen molar-refractivity contribution in [3.63, 3.8) is 0 Å². The highest BCUT2D eigenvalue weighted by atomic mass is 32.2. The second-order valence-corrected chi connectivity index (χ2v) is 9.68. The summed E-state index contributed by atoms with van der Waals surface area (Å²) in [4.78, 5) is 30.5. The molecule has 2 aromatic heterocycles. The van der Waals surface area contributed by atoms with Crippen LogP contribution >= 0.6 is 11.8 Å². The zero-order valence-corrected chi connectivity index (χ0v) is 20.8. The molecule has 4 aromatic rings. The lowest BCUT2D eigenvalue weighted by Gasteiger charge is -2.34. The maximum Gasteiger partial charge on any atom is 0.255 e. The summed E-state index contributed by atoms with van der Waals surface area (Å²) in [6.45, 7) is 3.53. The summed E-state index contributed by atoms with van der Waals surface area (Å²) in [5, 5.41) is 0. The summed E-state index contributed by atoms with van der Waals surface area (Å²) >= 11 is 1.61. The van der Waals surface area contributed by atoms with E-state index in [1.54, 1.807) is 24.2 Å². The van der Waals surface area contributed by atoms with E-state index < -0.39 is 0 Å². The summed E-state index contributed by atoms with van der Waals surface area (Å²) < 4.78 is 0. The highest BCUT2D eigenvalue weighted by Crippen LogP contribution is 2.36. The largest absolute Gasteiger partial charge is 0.338 e. The van der Waals surface area contributed by atoms with E-state index >= 15 is 0 Å². The van der Waals surface area contributed by atoms with Gasteiger partial charge in [0.1, 0.15) is 0 Å². The first-order chi connectivity index (χ1) is 17.2. The fraction of sp³-hybridized carbons (Fsp3) is 0.241. The van der Waals surface area contributed by atoms with Crippen molar-refractivity contribution in [3.8, 4) is 22.5 Å². The van der Waals surface area contributed by atoms with Crippen molar-refractivity contribution in [3.05, 3.63) is 96.1 Å². The molecule has 35 heavy (non-hydrogen) atoms. The van der Waals surface area contributed by atoms with E-state index in [0.29, 0.717) is 12.4 Å². The molecule has 0 aliphatic carbocycles. The molecule has 1 aliphatic rings. The van der Waals surface area contributed by atoms with Crippen LogP contribution in [0.3, 0.4) is 0 Å². The van der Waals surface area contributed by atoms with Crippen molar-refractivity contribution in [2.75, 3.05) is 19.3 Å². The predicted molar refractivity (Wildman–Crippen MR) is 142 cm³/mol. The number of amides is 1. The second-order valence-electron chi connectivity index (χ2n) is 8.83. The minimum Gasteiger partial charge on any atom is -0.338 e. The summed E-state index contributed by atoms with van der Waals surface area (Å²) in [5.41, 5.74) is 6.10. The van der Waals surface area contributed by atoms with Gasteiger partial charge in [-0.2, -0.15) is 0 Å². The molecule has 0 bridgehead atoms. The normalized spacial score (nSPS) is 15.7. The number of pyridine rings is 1. The van der Waals surface area contributed by atoms with Crippen molar-refractivity contribution in [1.29, 1.82) is 0 Å². The number of likely N-dealkylation sites (tertiary alicyclic amines) is 1. The van der Waals surface area contributed by atoms with Gasteiger partial charge in [-0.3, -0.25) is 9.78 Å². The fourth-order valence-corrected chi connectivity index (χ4v) is 5.40. The Morgan fingerprint density at radius 1 is 1.00 bits per heavy atom. The van der Waals surface area contributed by atoms with E-state index in [1.165, 1.54) is 5.56 Å². The number of aromatic nitrogens is 3. The molecule has 5 rings (SSSR count). The van der Waals surface area contributed by atoms with Crippen LogP contribution in [-0.4, -0.2) is 45.1 Å². The van der Waals surface area contributed by atoms with Gasteiger partial charge < -0.3 is 4.90 Å². The Morgan fingerprint density at radius 2 is 1.77 bits per heavy atom. The Balaban J connectivity index is 1.54. The summed E-state index contributed by atoms with van der Waals surface area (Å²) in [6, 6.07) is 20.1. The Labute approximate surface area is 210 Å². The molecule has 1 aliphatic heterocycles. The van der Waals surface area contributed by atoms with Crippen LogP contribution in [0.5, 0.6) is 0 Å². The second kappa shape index (κ2) is 10.4. The van der Waals surface area contributed by atoms with E-state index in [0.717, 1.165) is 52.2 Å². The Bertz CT molecular complexity index is 1340. The standard InChI is InChI=1S/C29H28N4OS/c1-20-8-3-4-10-23(20)25-18-31-28(21-13-15-30-16-14-21)32-27(25)22-9-7-17-33(19-22)29(34)24-11-5-6-12-26(24)35-2/h3-6,8,10-16,18,22H,7,9,17,19H2,1-2H3. The van der Waals surface area contributed by atoms with Crippen molar-refractivity contribution >= 4 is 17.7 Å². The van der Waals surface area contributed by atoms with Gasteiger partial charge in [-0.05, 0) is 61.4 Å². The molecule has 6 heteroatoms. The van der Waals surface area contributed by atoms with E-state index in [2.05, 4.69) is 36.2 Å². The topological polar surface area (TPSA) is 59.0 Å². The van der Waals surface area contributed by atoms with Gasteiger partial charge >= 0.3 is 0 Å². The summed E-state index contributed by atoms with van der Waals surface area (Å²) in [7, 11) is 0. The monoisotopic (exact) mass is 480 g/mol. The number of rotatable bonds is 5. The zero-order valence-electron chi connectivity index (χ0n) is 20.0. The molecule has 3 heterocycles. The predicted octanol–water partition coefficient (Wildman–Crippen LogP) is 6.26. The van der Waals surface area contributed by atoms with Crippen LogP contribution in [0.4, 0.5) is 0 Å². The van der Waals surface area contributed by atoms with E-state index in [1.807, 2.05) is 53.8 Å². The van der Waals surface area contributed by atoms with E-state index in [-0.39, 0.29) is 11.8 Å². The first-order valence-electron chi connectivity index (χ1n) is 11.9. The highest BCUT2D eigenvalue weighted by Gasteiger charge is 2.29. The number of thioether (sulfide) groups is 1. The molecule has 0 spiro atoms. The minimum absolute atomic E-state index is 0.0977. The third kappa shape index (κ3) is 4.84. The molecule has 1 saturated heterocycles. The molecular weight excluding hydrogens is 452 g/mol. The van der Waals surface area contributed by atoms with Gasteiger partial charge in [0.25, 0.3) is 5.91 Å². The van der Waals surface area contributed by atoms with Gasteiger partial charge in [-0.25, -0.2) is 9.97 Å². The lowest BCUT2D eigenvalue weighted by molar-refractivity contribution is 0.0702. The van der Waals surface area contributed by atoms with Crippen molar-refractivity contribution in [2.24, 2.45) is 0 Å². The van der Waals surface area contributed by atoms with Crippen LogP contribution in [0, 0.1) is 6.92 Å². The number of piperidine rings is 1. The van der Waals surface area contributed by atoms with Gasteiger partial charge in [0, 0.05) is 53.6 Å². The smallest absolute Gasteiger partial charge is 0.255 e. The maximum absolute atomic E-state index is 13.5. The highest BCUT2D eigenvalue weighted by molar-refractivity contribution is 7.98. The van der Waals surface area contributed by atoms with Crippen LogP contribution in [0.1, 0.15) is 40.4 Å². The van der Waals surface area contributed by atoms with Gasteiger partial charge in [-0.15, -0.1) is 11.8 Å². The summed E-state index contributed by atoms with van der Waals surface area (Å²) in [5.74, 6) is 0.920. The molecule has 1 atom stereocenters. The van der Waals surface area contributed by atoms with Crippen molar-refractivity contribution in [2.45, 2.75) is 30.6 Å². The molecule has 1 unspecified atom stereocenters. The lowest BCUT2D eigenvalue weighted by atomic mass is 9.88. The number of hydrogen-bond acceptors (Lipinski definition) is 5. The number of carbonyl (C=O) groups is 1. The third-order valence-corrected chi connectivity index (χ3v) is 7.42. The molecule has 0 N–H and O–H groups in total. The minimum atomic E-state index is 0.0977. The molecular formula is C29H28N4OS. The number of carbonyl (C=O) groups excluding carboxylic acids is 1. The number of aryl methyl sites for hydroxylation is 1. The van der Waals surface area contributed by atoms with Crippen LogP contribution in [-0.2, 0) is 0 Å². The van der Waals surface area contributed by atoms with Crippen LogP contribution in [0.2, 0.25) is 0 Å². The molecule has 2 aromatic carbocycles. The number of benzene rings is 2. The molecule has 0 radical (unpaired) electrons. The molecule has 1 amide bonds. The van der Waals surface area contributed by atoms with Gasteiger partial charge in [0.05, 0.1) is 11.3 Å². The average Bonchev–Trinajstić information content (AvgIpc) is 2.93. The molecule has 1 fully saturated rings. The van der Waals surface area contributed by atoms with Crippen LogP contribution in [0.15, 0.2) is 84.1 Å². The Kier molecular flexibility index (Phi) is 6.91. The van der Waals surface area contributed by atoms with Crippen LogP contribution < -0.4 is 0 Å². The third-order valence-electron chi connectivity index (χ3n) is 6.62. The Hall–Kier alpha value is -3.51. The molecule has 5 nitrogen and oxygen atoms in total. The first kappa shape index (κ1) is 23.2. The molecule has 0 saturated carbocycles. The van der Waals surface area contributed by atoms with Gasteiger partial charge in [0.2, 0.25) is 0 Å². The Morgan fingerprint density at radius 3 is 2.57 bits per heavy atom. The molecule has 176 valence electrons. The van der Waals surface area contributed by atoms with Crippen molar-refractivity contribution in [1.82, 2.24) is 19.9 Å². The van der Waals surface area contributed by atoms with E-state index in [9.17, 15) is 4.79 Å². The first-order valence-corrected chi connectivity index (χ1v) is 13.1. The van der Waals surface area contributed by atoms with Gasteiger partial charge in [0.15, 0.2) is 5.82 Å².